The molecule has 1 fully saturated rings. The number of carbonyl (C=O) groups excluding carboxylic acids is 1. The van der Waals surface area contributed by atoms with Crippen molar-refractivity contribution in [3.63, 3.8) is 0 Å². The summed E-state index contributed by atoms with van der Waals surface area (Å²) in [5, 5.41) is 6.63. The fourth-order valence-electron chi connectivity index (χ4n) is 3.37. The maximum absolute atomic E-state index is 12.4. The molecule has 1 aliphatic carbocycles. The Morgan fingerprint density at radius 2 is 1.71 bits per heavy atom. The average molecular weight is 309 g/mol. The first kappa shape index (κ1) is 16.3. The minimum atomic E-state index is -0.0619. The number of rotatable bonds is 2. The van der Waals surface area contributed by atoms with Crippen molar-refractivity contribution in [1.82, 2.24) is 10.6 Å². The summed E-state index contributed by atoms with van der Waals surface area (Å²) >= 11 is 0. The van der Waals surface area contributed by atoms with Gasteiger partial charge in [-0.25, -0.2) is 0 Å². The second-order valence-electron chi connectivity index (χ2n) is 6.10. The van der Waals surface area contributed by atoms with Gasteiger partial charge in [0.15, 0.2) is 0 Å². The molecule has 1 heterocycles. The predicted molar refractivity (Wildman–Crippen MR) is 87.7 cm³/mol. The summed E-state index contributed by atoms with van der Waals surface area (Å²) in [7, 11) is 0. The lowest BCUT2D eigenvalue weighted by atomic mass is 9.95. The van der Waals surface area contributed by atoms with Gasteiger partial charge in [-0.15, -0.1) is 12.4 Å². The van der Waals surface area contributed by atoms with Crippen molar-refractivity contribution in [3.05, 3.63) is 35.4 Å². The van der Waals surface area contributed by atoms with Gasteiger partial charge in [0, 0.05) is 12.6 Å². The molecule has 1 aromatic rings. The lowest BCUT2D eigenvalue weighted by Gasteiger charge is -2.27. The number of carbonyl (C=O) groups is 1. The summed E-state index contributed by atoms with van der Waals surface area (Å²) in [6.07, 6.45) is 8.26. The van der Waals surface area contributed by atoms with Gasteiger partial charge in [0.1, 0.15) is 0 Å². The van der Waals surface area contributed by atoms with Crippen LogP contribution in [0.1, 0.15) is 49.7 Å². The van der Waals surface area contributed by atoms with Crippen LogP contribution in [0.25, 0.3) is 0 Å². The standard InChI is InChI=1S/C17H24N2O.ClH/c20-17(19-15-9-3-1-2-4-10-15)16-11-13-7-5-6-8-14(13)12-18-16;/h5-8,15-16,18H,1-4,9-12H2,(H,19,20);1H/t16-;/m0./s1. The molecule has 0 saturated heterocycles. The lowest BCUT2D eigenvalue weighted by Crippen LogP contribution is -2.50. The highest BCUT2D eigenvalue weighted by Gasteiger charge is 2.25. The van der Waals surface area contributed by atoms with Gasteiger partial charge < -0.3 is 10.6 Å². The zero-order chi connectivity index (χ0) is 13.8. The molecule has 2 aliphatic rings. The Morgan fingerprint density at radius 3 is 2.43 bits per heavy atom. The number of amides is 1. The highest BCUT2D eigenvalue weighted by Crippen LogP contribution is 2.19. The van der Waals surface area contributed by atoms with Crippen molar-refractivity contribution in [3.8, 4) is 0 Å². The van der Waals surface area contributed by atoms with Gasteiger partial charge in [-0.05, 0) is 30.4 Å². The van der Waals surface area contributed by atoms with Crippen LogP contribution in [0.15, 0.2) is 24.3 Å². The normalized spacial score (nSPS) is 22.6. The van der Waals surface area contributed by atoms with Crippen LogP contribution in [0.2, 0.25) is 0 Å². The van der Waals surface area contributed by atoms with E-state index >= 15 is 0 Å². The second-order valence-corrected chi connectivity index (χ2v) is 6.10. The number of nitrogens with one attached hydrogen (secondary N) is 2. The molecule has 1 aromatic carbocycles. The minimum Gasteiger partial charge on any atom is -0.352 e. The summed E-state index contributed by atoms with van der Waals surface area (Å²) < 4.78 is 0. The number of hydrogen-bond acceptors (Lipinski definition) is 2. The molecule has 1 saturated carbocycles. The van der Waals surface area contributed by atoms with Crippen LogP contribution in [-0.2, 0) is 17.8 Å². The van der Waals surface area contributed by atoms with Crippen LogP contribution in [0.5, 0.6) is 0 Å². The summed E-state index contributed by atoms with van der Waals surface area (Å²) in [5.41, 5.74) is 2.64. The van der Waals surface area contributed by atoms with Crippen LogP contribution >= 0.6 is 12.4 Å². The van der Waals surface area contributed by atoms with Gasteiger partial charge in [-0.2, -0.15) is 0 Å². The van der Waals surface area contributed by atoms with E-state index in [0.717, 1.165) is 25.8 Å². The molecule has 0 aromatic heterocycles. The smallest absolute Gasteiger partial charge is 0.237 e. The molecule has 2 N–H and O–H groups in total. The SMILES string of the molecule is Cl.O=C(NC1CCCCCC1)[C@@H]1Cc2ccccc2CN1. The molecule has 1 aliphatic heterocycles. The largest absolute Gasteiger partial charge is 0.352 e. The third-order valence-corrected chi connectivity index (χ3v) is 4.60. The van der Waals surface area contributed by atoms with Gasteiger partial charge in [-0.1, -0.05) is 49.9 Å². The molecule has 3 rings (SSSR count). The minimum absolute atomic E-state index is 0. The molecule has 21 heavy (non-hydrogen) atoms. The van der Waals surface area contributed by atoms with Crippen molar-refractivity contribution in [2.24, 2.45) is 0 Å². The van der Waals surface area contributed by atoms with Gasteiger partial charge in [0.2, 0.25) is 5.91 Å². The zero-order valence-electron chi connectivity index (χ0n) is 12.4. The molecule has 3 nitrogen and oxygen atoms in total. The van der Waals surface area contributed by atoms with Crippen LogP contribution < -0.4 is 10.6 Å². The Kier molecular flexibility index (Phi) is 6.07. The highest BCUT2D eigenvalue weighted by molar-refractivity contribution is 5.85. The number of halogens is 1. The van der Waals surface area contributed by atoms with Gasteiger partial charge in [0.05, 0.1) is 6.04 Å². The predicted octanol–water partition coefficient (Wildman–Crippen LogP) is 2.96. The van der Waals surface area contributed by atoms with Gasteiger partial charge in [-0.3, -0.25) is 4.79 Å². The first-order valence-corrected chi connectivity index (χ1v) is 7.93. The Balaban J connectivity index is 0.00000161. The fourth-order valence-corrected chi connectivity index (χ4v) is 3.37. The molecular weight excluding hydrogens is 284 g/mol. The Morgan fingerprint density at radius 1 is 1.05 bits per heavy atom. The maximum Gasteiger partial charge on any atom is 0.237 e. The highest BCUT2D eigenvalue weighted by atomic mass is 35.5. The van der Waals surface area contributed by atoms with Gasteiger partial charge >= 0.3 is 0 Å². The maximum atomic E-state index is 12.4. The van der Waals surface area contributed by atoms with Crippen LogP contribution in [-0.4, -0.2) is 18.0 Å². The summed E-state index contributed by atoms with van der Waals surface area (Å²) in [4.78, 5) is 12.4. The van der Waals surface area contributed by atoms with Crippen molar-refractivity contribution in [2.75, 3.05) is 0 Å². The summed E-state index contributed by atoms with van der Waals surface area (Å²) in [6, 6.07) is 8.73. The molecule has 4 heteroatoms. The first-order valence-electron chi connectivity index (χ1n) is 7.93. The lowest BCUT2D eigenvalue weighted by molar-refractivity contribution is -0.124. The third kappa shape index (κ3) is 4.21. The van der Waals surface area contributed by atoms with E-state index in [-0.39, 0.29) is 24.4 Å². The van der Waals surface area contributed by atoms with Crippen molar-refractivity contribution < 1.29 is 4.79 Å². The van der Waals surface area contributed by atoms with Crippen molar-refractivity contribution in [1.29, 1.82) is 0 Å². The Labute approximate surface area is 133 Å². The molecule has 1 amide bonds. The van der Waals surface area contributed by atoms with Crippen LogP contribution in [0, 0.1) is 0 Å². The van der Waals surface area contributed by atoms with Gasteiger partial charge in [0.25, 0.3) is 0 Å². The van der Waals surface area contributed by atoms with E-state index in [9.17, 15) is 4.79 Å². The van der Waals surface area contributed by atoms with E-state index in [4.69, 9.17) is 0 Å². The Hall–Kier alpha value is -1.06. The van der Waals surface area contributed by atoms with Crippen LogP contribution in [0.4, 0.5) is 0 Å². The molecular formula is C17H25ClN2O. The topological polar surface area (TPSA) is 41.1 Å². The molecule has 0 bridgehead atoms. The molecule has 116 valence electrons. The van der Waals surface area contributed by atoms with Crippen molar-refractivity contribution >= 4 is 18.3 Å². The summed E-state index contributed by atoms with van der Waals surface area (Å²) in [5.74, 6) is 0.186. The molecule has 0 radical (unpaired) electrons. The monoisotopic (exact) mass is 308 g/mol. The molecule has 0 unspecified atom stereocenters. The molecule has 0 spiro atoms. The van der Waals surface area contributed by atoms with E-state index in [1.165, 1.54) is 36.8 Å². The van der Waals surface area contributed by atoms with E-state index in [2.05, 4.69) is 34.9 Å². The van der Waals surface area contributed by atoms with E-state index < -0.39 is 0 Å². The zero-order valence-corrected chi connectivity index (χ0v) is 13.3. The van der Waals surface area contributed by atoms with Crippen molar-refractivity contribution in [2.45, 2.75) is 63.6 Å². The third-order valence-electron chi connectivity index (χ3n) is 4.60. The van der Waals surface area contributed by atoms with E-state index in [1.807, 2.05) is 0 Å². The number of hydrogen-bond donors (Lipinski definition) is 2. The second kappa shape index (κ2) is 7.81. The summed E-state index contributed by atoms with van der Waals surface area (Å²) in [6.45, 7) is 0.804. The first-order chi connectivity index (χ1) is 9.83. The molecule has 1 atom stereocenters. The number of fused-ring (bicyclic) bond motifs is 1. The quantitative estimate of drug-likeness (QED) is 0.825. The fraction of sp³-hybridized carbons (Fsp3) is 0.588. The van der Waals surface area contributed by atoms with E-state index in [1.54, 1.807) is 0 Å². The number of benzene rings is 1. The Bertz CT molecular complexity index is 470. The average Bonchev–Trinajstić information content (AvgIpc) is 2.75. The van der Waals surface area contributed by atoms with Crippen LogP contribution in [0.3, 0.4) is 0 Å². The van der Waals surface area contributed by atoms with E-state index in [0.29, 0.717) is 6.04 Å².